The molecule has 1 unspecified atom stereocenters. The molecular formula is C7H15ClFNO. The Morgan fingerprint density at radius 3 is 2.55 bits per heavy atom. The van der Waals surface area contributed by atoms with Crippen molar-refractivity contribution in [2.45, 2.75) is 12.8 Å². The summed E-state index contributed by atoms with van der Waals surface area (Å²) in [6.07, 6.45) is 1.82. The van der Waals surface area contributed by atoms with E-state index in [0.717, 1.165) is 19.4 Å². The lowest BCUT2D eigenvalue weighted by Gasteiger charge is -2.32. The van der Waals surface area contributed by atoms with E-state index in [-0.39, 0.29) is 24.5 Å². The van der Waals surface area contributed by atoms with Gasteiger partial charge in [0.1, 0.15) is 0 Å². The van der Waals surface area contributed by atoms with Crippen molar-refractivity contribution in [3.05, 3.63) is 0 Å². The molecule has 0 aromatic carbocycles. The first-order valence-electron chi connectivity index (χ1n) is 3.67. The Hall–Kier alpha value is 0.140. The molecule has 1 rings (SSSR count). The Labute approximate surface area is 72.7 Å². The van der Waals surface area contributed by atoms with Crippen molar-refractivity contribution in [2.75, 3.05) is 26.4 Å². The first kappa shape index (κ1) is 11.1. The number of hydrogen-bond acceptors (Lipinski definition) is 2. The van der Waals surface area contributed by atoms with E-state index in [0.29, 0.717) is 13.2 Å². The normalized spacial score (nSPS) is 31.1. The zero-order valence-electron chi connectivity index (χ0n) is 6.51. The van der Waals surface area contributed by atoms with E-state index in [1.165, 1.54) is 0 Å². The minimum absolute atomic E-state index is 0. The molecule has 0 aromatic rings. The molecule has 0 amide bonds. The zero-order valence-corrected chi connectivity index (χ0v) is 7.33. The summed E-state index contributed by atoms with van der Waals surface area (Å²) < 4.78 is 17.5. The summed E-state index contributed by atoms with van der Waals surface area (Å²) in [6.45, 7) is 1.33. The lowest BCUT2D eigenvalue weighted by atomic mass is 9.84. The van der Waals surface area contributed by atoms with Crippen LogP contribution in [0.4, 0.5) is 4.39 Å². The molecule has 68 valence electrons. The van der Waals surface area contributed by atoms with Crippen molar-refractivity contribution in [3.8, 4) is 0 Å². The average Bonchev–Trinajstić information content (AvgIpc) is 2.06. The highest BCUT2D eigenvalue weighted by molar-refractivity contribution is 5.85. The molecule has 0 bridgehead atoms. The second kappa shape index (κ2) is 4.91. The Bertz CT molecular complexity index is 101. The molecule has 0 radical (unpaired) electrons. The maximum Gasteiger partial charge on any atom is 0.0984 e. The molecule has 0 spiro atoms. The van der Waals surface area contributed by atoms with Gasteiger partial charge in [-0.2, -0.15) is 0 Å². The van der Waals surface area contributed by atoms with E-state index in [9.17, 15) is 4.39 Å². The monoisotopic (exact) mass is 183 g/mol. The molecule has 4 heteroatoms. The van der Waals surface area contributed by atoms with Crippen LogP contribution >= 0.6 is 12.4 Å². The highest BCUT2D eigenvalue weighted by Gasteiger charge is 2.31. The highest BCUT2D eigenvalue weighted by Crippen LogP contribution is 2.27. The van der Waals surface area contributed by atoms with E-state index >= 15 is 0 Å². The van der Waals surface area contributed by atoms with Crippen molar-refractivity contribution < 1.29 is 9.13 Å². The molecule has 0 saturated carbocycles. The molecule has 2 nitrogen and oxygen atoms in total. The Kier molecular flexibility index (Phi) is 4.97. The summed E-state index contributed by atoms with van der Waals surface area (Å²) in [5.41, 5.74) is 5.08. The molecule has 1 atom stereocenters. The molecule has 1 heterocycles. The summed E-state index contributed by atoms with van der Waals surface area (Å²) >= 11 is 0. The van der Waals surface area contributed by atoms with Gasteiger partial charge in [-0.25, -0.2) is 0 Å². The van der Waals surface area contributed by atoms with Crippen LogP contribution in [0.3, 0.4) is 0 Å². The predicted molar refractivity (Wildman–Crippen MR) is 44.8 cm³/mol. The van der Waals surface area contributed by atoms with Crippen molar-refractivity contribution in [3.63, 3.8) is 0 Å². The van der Waals surface area contributed by atoms with E-state index in [1.807, 2.05) is 0 Å². The molecule has 2 N–H and O–H groups in total. The number of ether oxygens (including phenoxy) is 1. The van der Waals surface area contributed by atoms with Crippen LogP contribution in [-0.2, 0) is 4.74 Å². The number of hydrogen-bond donors (Lipinski definition) is 1. The molecule has 1 fully saturated rings. The Morgan fingerprint density at radius 1 is 1.55 bits per heavy atom. The molecule has 1 saturated heterocycles. The van der Waals surface area contributed by atoms with Crippen LogP contribution in [0.1, 0.15) is 12.8 Å². The van der Waals surface area contributed by atoms with E-state index < -0.39 is 0 Å². The molecule has 0 aliphatic carbocycles. The fourth-order valence-corrected chi connectivity index (χ4v) is 1.23. The minimum Gasteiger partial charge on any atom is -0.381 e. The Balaban J connectivity index is 0.000001000. The third-order valence-electron chi connectivity index (χ3n) is 2.12. The summed E-state index contributed by atoms with van der Waals surface area (Å²) in [4.78, 5) is 0. The minimum atomic E-state index is -0.349. The maximum atomic E-state index is 12.4. The predicted octanol–water partition coefficient (Wildman–Crippen LogP) is 1.13. The smallest absolute Gasteiger partial charge is 0.0984 e. The largest absolute Gasteiger partial charge is 0.381 e. The SMILES string of the molecule is Cl.NCC1(CF)CCCOC1. The summed E-state index contributed by atoms with van der Waals surface area (Å²) in [7, 11) is 0. The van der Waals surface area contributed by atoms with E-state index in [4.69, 9.17) is 10.5 Å². The van der Waals surface area contributed by atoms with Gasteiger partial charge in [-0.15, -0.1) is 12.4 Å². The van der Waals surface area contributed by atoms with Crippen LogP contribution in [-0.4, -0.2) is 26.4 Å². The lowest BCUT2D eigenvalue weighted by molar-refractivity contribution is -0.0154. The highest BCUT2D eigenvalue weighted by atomic mass is 35.5. The lowest BCUT2D eigenvalue weighted by Crippen LogP contribution is -2.40. The summed E-state index contributed by atoms with van der Waals surface area (Å²) in [5.74, 6) is 0. The number of nitrogens with two attached hydrogens (primary N) is 1. The van der Waals surface area contributed by atoms with Gasteiger partial charge in [0.15, 0.2) is 0 Å². The van der Waals surface area contributed by atoms with Crippen molar-refractivity contribution >= 4 is 12.4 Å². The van der Waals surface area contributed by atoms with Gasteiger partial charge in [-0.05, 0) is 12.8 Å². The van der Waals surface area contributed by atoms with Crippen LogP contribution in [0, 0.1) is 5.41 Å². The molecule has 1 aliphatic rings. The van der Waals surface area contributed by atoms with Crippen molar-refractivity contribution in [2.24, 2.45) is 11.1 Å². The van der Waals surface area contributed by atoms with Gasteiger partial charge in [0, 0.05) is 18.6 Å². The van der Waals surface area contributed by atoms with Crippen LogP contribution < -0.4 is 5.73 Å². The van der Waals surface area contributed by atoms with Crippen molar-refractivity contribution in [1.29, 1.82) is 0 Å². The Morgan fingerprint density at radius 2 is 2.27 bits per heavy atom. The van der Waals surface area contributed by atoms with Gasteiger partial charge in [-0.1, -0.05) is 0 Å². The fraction of sp³-hybridized carbons (Fsp3) is 1.00. The molecule has 11 heavy (non-hydrogen) atoms. The summed E-state index contributed by atoms with van der Waals surface area (Å²) in [5, 5.41) is 0. The van der Waals surface area contributed by atoms with Gasteiger partial charge >= 0.3 is 0 Å². The number of halogens is 2. The van der Waals surface area contributed by atoms with E-state index in [2.05, 4.69) is 0 Å². The second-order valence-corrected chi connectivity index (χ2v) is 2.99. The van der Waals surface area contributed by atoms with Crippen LogP contribution in [0.15, 0.2) is 0 Å². The van der Waals surface area contributed by atoms with Gasteiger partial charge in [-0.3, -0.25) is 4.39 Å². The fourth-order valence-electron chi connectivity index (χ4n) is 1.23. The molecular weight excluding hydrogens is 169 g/mol. The van der Waals surface area contributed by atoms with Gasteiger partial charge in [0.2, 0.25) is 0 Å². The van der Waals surface area contributed by atoms with Gasteiger partial charge in [0.25, 0.3) is 0 Å². The average molecular weight is 184 g/mol. The van der Waals surface area contributed by atoms with Crippen LogP contribution in [0.5, 0.6) is 0 Å². The second-order valence-electron chi connectivity index (χ2n) is 2.99. The van der Waals surface area contributed by atoms with Crippen molar-refractivity contribution in [1.82, 2.24) is 0 Å². The molecule has 0 aromatic heterocycles. The molecule has 1 aliphatic heterocycles. The zero-order chi connectivity index (χ0) is 7.45. The first-order valence-corrected chi connectivity index (χ1v) is 3.67. The standard InChI is InChI=1S/C7H14FNO.ClH/c8-4-7(5-9)2-1-3-10-6-7;/h1-6,9H2;1H. The topological polar surface area (TPSA) is 35.2 Å². The first-order chi connectivity index (χ1) is 4.83. The van der Waals surface area contributed by atoms with Crippen LogP contribution in [0.25, 0.3) is 0 Å². The third-order valence-corrected chi connectivity index (χ3v) is 2.12. The summed E-state index contributed by atoms with van der Waals surface area (Å²) in [6, 6.07) is 0. The van der Waals surface area contributed by atoms with Gasteiger partial charge in [0.05, 0.1) is 13.3 Å². The van der Waals surface area contributed by atoms with Gasteiger partial charge < -0.3 is 10.5 Å². The maximum absolute atomic E-state index is 12.4. The van der Waals surface area contributed by atoms with Crippen LogP contribution in [0.2, 0.25) is 0 Å². The number of alkyl halides is 1. The quantitative estimate of drug-likeness (QED) is 0.697. The number of rotatable bonds is 2. The third kappa shape index (κ3) is 2.58. The van der Waals surface area contributed by atoms with E-state index in [1.54, 1.807) is 0 Å².